The zero-order valence-electron chi connectivity index (χ0n) is 8.84. The molecule has 1 amide bonds. The molecule has 0 heterocycles. The Bertz CT molecular complexity index is 338. The quantitative estimate of drug-likeness (QED) is 0.323. The van der Waals surface area contributed by atoms with Crippen molar-refractivity contribution in [3.05, 3.63) is 11.8 Å². The molecule has 0 aromatic rings. The van der Waals surface area contributed by atoms with Crippen molar-refractivity contribution < 1.29 is 27.9 Å². The minimum Gasteiger partial charge on any atom is -0.461 e. The molecular weight excluding hydrogens is 260 g/mol. The Morgan fingerprint density at radius 1 is 1.47 bits per heavy atom. The molecule has 0 aromatic carbocycles. The third-order valence-corrected chi connectivity index (χ3v) is 1.73. The van der Waals surface area contributed by atoms with Crippen LogP contribution in [0.4, 0.5) is 8.78 Å². The van der Waals surface area contributed by atoms with Crippen LogP contribution in [-0.2, 0) is 19.1 Å². The van der Waals surface area contributed by atoms with Gasteiger partial charge in [-0.15, -0.1) is 0 Å². The second-order valence-electron chi connectivity index (χ2n) is 2.73. The average molecular weight is 270 g/mol. The van der Waals surface area contributed by atoms with Crippen molar-refractivity contribution >= 4 is 29.8 Å². The summed E-state index contributed by atoms with van der Waals surface area (Å²) in [6, 6.07) is 0. The Morgan fingerprint density at radius 2 is 2.06 bits per heavy atom. The first-order valence-electron chi connectivity index (χ1n) is 4.50. The van der Waals surface area contributed by atoms with Crippen LogP contribution in [0.5, 0.6) is 0 Å². The van der Waals surface area contributed by atoms with E-state index in [-0.39, 0.29) is 13.0 Å². The molecule has 0 unspecified atom stereocenters. The van der Waals surface area contributed by atoms with Gasteiger partial charge in [-0.3, -0.25) is 9.59 Å². The molecule has 0 saturated heterocycles. The second-order valence-corrected chi connectivity index (χ2v) is 3.20. The standard InChI is InChI=1S/C9H10ClF2NO4/c1-2-17-8(16)6(13-5-14)3-4-7(15)9(10,11)12/h3,5H,2,4H2,1H3,(H,13,14)/b6-3-. The van der Waals surface area contributed by atoms with Gasteiger partial charge in [0, 0.05) is 6.42 Å². The van der Waals surface area contributed by atoms with E-state index < -0.39 is 29.3 Å². The summed E-state index contributed by atoms with van der Waals surface area (Å²) in [7, 11) is 0. The van der Waals surface area contributed by atoms with Crippen LogP contribution in [0.15, 0.2) is 11.8 Å². The van der Waals surface area contributed by atoms with Gasteiger partial charge < -0.3 is 10.1 Å². The highest BCUT2D eigenvalue weighted by atomic mass is 35.5. The van der Waals surface area contributed by atoms with E-state index >= 15 is 0 Å². The molecule has 0 atom stereocenters. The molecular formula is C9H10ClF2NO4. The number of amides is 1. The number of allylic oxidation sites excluding steroid dienone is 1. The summed E-state index contributed by atoms with van der Waals surface area (Å²) in [6.07, 6.45) is 0.169. The average Bonchev–Trinajstić information content (AvgIpc) is 2.22. The van der Waals surface area contributed by atoms with E-state index in [9.17, 15) is 23.2 Å². The number of carbonyl (C=O) groups is 3. The fraction of sp³-hybridized carbons (Fsp3) is 0.444. The van der Waals surface area contributed by atoms with Gasteiger partial charge in [-0.05, 0) is 24.6 Å². The smallest absolute Gasteiger partial charge is 0.380 e. The van der Waals surface area contributed by atoms with Crippen LogP contribution in [-0.4, -0.2) is 30.2 Å². The Balaban J connectivity index is 4.66. The van der Waals surface area contributed by atoms with Crippen LogP contribution in [0.2, 0.25) is 0 Å². The molecule has 0 radical (unpaired) electrons. The summed E-state index contributed by atoms with van der Waals surface area (Å²) >= 11 is 4.47. The van der Waals surface area contributed by atoms with Gasteiger partial charge in [0.2, 0.25) is 12.2 Å². The topological polar surface area (TPSA) is 72.5 Å². The van der Waals surface area contributed by atoms with E-state index in [0.29, 0.717) is 0 Å². The highest BCUT2D eigenvalue weighted by Crippen LogP contribution is 2.21. The molecule has 0 bridgehead atoms. The zero-order valence-corrected chi connectivity index (χ0v) is 9.59. The van der Waals surface area contributed by atoms with Crippen molar-refractivity contribution in [3.63, 3.8) is 0 Å². The number of carbonyl (C=O) groups excluding carboxylic acids is 3. The number of rotatable bonds is 7. The van der Waals surface area contributed by atoms with Gasteiger partial charge in [0.15, 0.2) is 0 Å². The van der Waals surface area contributed by atoms with Gasteiger partial charge >= 0.3 is 11.4 Å². The molecule has 5 nitrogen and oxygen atoms in total. The van der Waals surface area contributed by atoms with Crippen molar-refractivity contribution in [1.82, 2.24) is 5.32 Å². The number of ketones is 1. The summed E-state index contributed by atoms with van der Waals surface area (Å²) < 4.78 is 29.1. The lowest BCUT2D eigenvalue weighted by atomic mass is 10.2. The molecule has 0 fully saturated rings. The minimum atomic E-state index is -4.00. The van der Waals surface area contributed by atoms with Gasteiger partial charge in [0.05, 0.1) is 6.61 Å². The molecule has 0 aliphatic rings. The summed E-state index contributed by atoms with van der Waals surface area (Å²) in [5, 5.41) is -2.06. The van der Waals surface area contributed by atoms with Crippen LogP contribution in [0, 0.1) is 0 Å². The third-order valence-electron chi connectivity index (χ3n) is 1.52. The molecule has 0 aliphatic heterocycles. The first-order chi connectivity index (χ1) is 7.82. The minimum absolute atomic E-state index is 0.0380. The summed E-state index contributed by atoms with van der Waals surface area (Å²) in [5.74, 6) is -2.51. The lowest BCUT2D eigenvalue weighted by Gasteiger charge is -2.06. The lowest BCUT2D eigenvalue weighted by Crippen LogP contribution is -2.24. The summed E-state index contributed by atoms with van der Waals surface area (Å²) in [4.78, 5) is 32.1. The molecule has 17 heavy (non-hydrogen) atoms. The fourth-order valence-corrected chi connectivity index (χ4v) is 0.861. The number of hydrogen-bond donors (Lipinski definition) is 1. The molecule has 1 N–H and O–H groups in total. The maximum Gasteiger partial charge on any atom is 0.380 e. The summed E-state index contributed by atoms with van der Waals surface area (Å²) in [5.41, 5.74) is -0.392. The normalized spacial score (nSPS) is 11.9. The number of alkyl halides is 3. The van der Waals surface area contributed by atoms with E-state index in [1.807, 2.05) is 5.32 Å². The highest BCUT2D eigenvalue weighted by Gasteiger charge is 2.34. The predicted molar refractivity (Wildman–Crippen MR) is 54.3 cm³/mol. The van der Waals surface area contributed by atoms with Gasteiger partial charge in [-0.2, -0.15) is 8.78 Å². The van der Waals surface area contributed by atoms with Crippen LogP contribution < -0.4 is 5.32 Å². The maximum absolute atomic E-state index is 12.3. The summed E-state index contributed by atoms with van der Waals surface area (Å²) in [6.45, 7) is 1.56. The zero-order chi connectivity index (χ0) is 13.5. The molecule has 0 rings (SSSR count). The second kappa shape index (κ2) is 6.95. The monoisotopic (exact) mass is 269 g/mol. The number of hydrogen-bond acceptors (Lipinski definition) is 4. The van der Waals surface area contributed by atoms with E-state index in [1.165, 1.54) is 6.92 Å². The van der Waals surface area contributed by atoms with E-state index in [2.05, 4.69) is 16.3 Å². The van der Waals surface area contributed by atoms with Crippen molar-refractivity contribution in [2.45, 2.75) is 18.7 Å². The number of halogens is 3. The number of nitrogens with one attached hydrogen (secondary N) is 1. The number of esters is 1. The molecule has 0 aliphatic carbocycles. The Labute approximate surface area is 101 Å². The highest BCUT2D eigenvalue weighted by molar-refractivity contribution is 6.32. The van der Waals surface area contributed by atoms with Gasteiger partial charge in [-0.25, -0.2) is 4.79 Å². The van der Waals surface area contributed by atoms with Crippen LogP contribution in [0.3, 0.4) is 0 Å². The molecule has 0 saturated carbocycles. The first kappa shape index (κ1) is 15.5. The van der Waals surface area contributed by atoms with Crippen molar-refractivity contribution in [3.8, 4) is 0 Å². The van der Waals surface area contributed by atoms with E-state index in [4.69, 9.17) is 0 Å². The molecule has 96 valence electrons. The molecule has 0 aromatic heterocycles. The fourth-order valence-electron chi connectivity index (χ4n) is 0.784. The van der Waals surface area contributed by atoms with Gasteiger partial charge in [-0.1, -0.05) is 0 Å². The van der Waals surface area contributed by atoms with E-state index in [0.717, 1.165) is 6.08 Å². The molecule has 0 spiro atoms. The van der Waals surface area contributed by atoms with Crippen LogP contribution in [0.1, 0.15) is 13.3 Å². The van der Waals surface area contributed by atoms with E-state index in [1.54, 1.807) is 0 Å². The molecule has 8 heteroatoms. The van der Waals surface area contributed by atoms with Crippen LogP contribution >= 0.6 is 11.6 Å². The van der Waals surface area contributed by atoms with Crippen LogP contribution in [0.25, 0.3) is 0 Å². The predicted octanol–water partition coefficient (Wildman–Crippen LogP) is 0.970. The SMILES string of the molecule is CCOC(=O)/C(=C/CC(=O)C(F)(F)Cl)NC=O. The maximum atomic E-state index is 12.3. The number of ether oxygens (including phenoxy) is 1. The Kier molecular flexibility index (Phi) is 6.34. The first-order valence-corrected chi connectivity index (χ1v) is 4.88. The third kappa shape index (κ3) is 5.96. The largest absolute Gasteiger partial charge is 0.461 e. The lowest BCUT2D eigenvalue weighted by molar-refractivity contribution is -0.139. The van der Waals surface area contributed by atoms with Gasteiger partial charge in [0.25, 0.3) is 0 Å². The van der Waals surface area contributed by atoms with Gasteiger partial charge in [0.1, 0.15) is 5.70 Å². The van der Waals surface area contributed by atoms with Crippen molar-refractivity contribution in [1.29, 1.82) is 0 Å². The Hall–Kier alpha value is -1.50. The van der Waals surface area contributed by atoms with Crippen molar-refractivity contribution in [2.75, 3.05) is 6.61 Å². The van der Waals surface area contributed by atoms with Crippen molar-refractivity contribution in [2.24, 2.45) is 0 Å². The Morgan fingerprint density at radius 3 is 2.47 bits per heavy atom. The number of Topliss-reactive ketones (excluding diaryl/α,β-unsaturated/α-hetero) is 1.